The van der Waals surface area contributed by atoms with Crippen LogP contribution in [0.4, 0.5) is 0 Å². The molecule has 20 heavy (non-hydrogen) atoms. The smallest absolute Gasteiger partial charge is 0.191 e. The summed E-state index contributed by atoms with van der Waals surface area (Å²) in [7, 11) is 0. The minimum absolute atomic E-state index is 0.379. The maximum atomic E-state index is 6.26. The Balaban J connectivity index is 2.23. The molecule has 1 aliphatic heterocycles. The second-order valence-electron chi connectivity index (χ2n) is 3.83. The normalized spacial score (nSPS) is 12.3. The van der Waals surface area contributed by atoms with Gasteiger partial charge >= 0.3 is 0 Å². The molecule has 0 radical (unpaired) electrons. The number of fused-ring (bicyclic) bond motifs is 2. The maximum Gasteiger partial charge on any atom is 0.191 e. The van der Waals surface area contributed by atoms with Crippen molar-refractivity contribution in [2.24, 2.45) is 0 Å². The quantitative estimate of drug-likeness (QED) is 0.221. The van der Waals surface area contributed by atoms with Crippen LogP contribution in [0.15, 0.2) is 25.6 Å². The molecule has 2 nitrogen and oxygen atoms in total. The van der Waals surface area contributed by atoms with E-state index in [2.05, 4.69) is 47.8 Å². The highest BCUT2D eigenvalue weighted by Crippen LogP contribution is 2.57. The number of hydrogen-bond acceptors (Lipinski definition) is 2. The summed E-state index contributed by atoms with van der Waals surface area (Å²) in [5, 5.41) is 1.16. The van der Waals surface area contributed by atoms with Gasteiger partial charge in [0.05, 0.1) is 23.5 Å². The van der Waals surface area contributed by atoms with E-state index >= 15 is 0 Å². The molecule has 0 spiro atoms. The van der Waals surface area contributed by atoms with Crippen molar-refractivity contribution in [1.82, 2.24) is 0 Å². The minimum atomic E-state index is 0.379. The highest BCUT2D eigenvalue weighted by Gasteiger charge is 2.28. The zero-order valence-electron chi connectivity index (χ0n) is 9.24. The van der Waals surface area contributed by atoms with Crippen LogP contribution in [0.3, 0.4) is 0 Å². The first-order chi connectivity index (χ1) is 9.40. The molecule has 0 aliphatic carbocycles. The van der Waals surface area contributed by atoms with Crippen molar-refractivity contribution >= 4 is 82.6 Å². The lowest BCUT2D eigenvalue weighted by Gasteiger charge is -2.24. The molecule has 0 amide bonds. The van der Waals surface area contributed by atoms with Crippen molar-refractivity contribution in [2.45, 2.75) is 0 Å². The molecular weight excluding hydrogens is 522 g/mol. The van der Waals surface area contributed by atoms with Gasteiger partial charge in [0.1, 0.15) is 5.02 Å². The number of halogens is 6. The molecule has 0 saturated carbocycles. The third kappa shape index (κ3) is 2.36. The Morgan fingerprint density at radius 2 is 1.20 bits per heavy atom. The lowest BCUT2D eigenvalue weighted by Crippen LogP contribution is -2.01. The summed E-state index contributed by atoms with van der Waals surface area (Å²) in [6, 6.07) is 3.18. The van der Waals surface area contributed by atoms with Crippen LogP contribution in [-0.4, -0.2) is 0 Å². The maximum absolute atomic E-state index is 6.26. The highest BCUT2D eigenvalue weighted by atomic mass is 79.9. The lowest BCUT2D eigenvalue weighted by molar-refractivity contribution is 0.357. The number of hydrogen-bond donors (Lipinski definition) is 0. The molecular formula is C12H2Br3Cl3O2. The third-order valence-corrected chi connectivity index (χ3v) is 7.31. The van der Waals surface area contributed by atoms with E-state index in [9.17, 15) is 0 Å². The first-order valence-corrected chi connectivity index (χ1v) is 8.62. The summed E-state index contributed by atoms with van der Waals surface area (Å²) < 4.78 is 13.7. The molecule has 0 atom stereocenters. The monoisotopic (exact) mass is 520 g/mol. The predicted octanol–water partition coefficient (Wildman–Crippen LogP) is 7.83. The van der Waals surface area contributed by atoms with Crippen molar-refractivity contribution in [3.63, 3.8) is 0 Å². The average Bonchev–Trinajstić information content (AvgIpc) is 2.43. The molecule has 2 aromatic carbocycles. The van der Waals surface area contributed by atoms with E-state index < -0.39 is 0 Å². The van der Waals surface area contributed by atoms with Crippen molar-refractivity contribution in [3.05, 3.63) is 40.6 Å². The third-order valence-electron chi connectivity index (χ3n) is 2.59. The number of ether oxygens (including phenoxy) is 2. The van der Waals surface area contributed by atoms with Crippen LogP contribution >= 0.6 is 82.6 Å². The van der Waals surface area contributed by atoms with Gasteiger partial charge in [0.25, 0.3) is 0 Å². The van der Waals surface area contributed by atoms with Crippen molar-refractivity contribution in [2.75, 3.05) is 0 Å². The Labute approximate surface area is 154 Å². The summed E-state index contributed by atoms with van der Waals surface area (Å²) in [6.45, 7) is 0. The van der Waals surface area contributed by atoms with E-state index in [0.29, 0.717) is 47.0 Å². The van der Waals surface area contributed by atoms with E-state index in [0.717, 1.165) is 4.47 Å². The van der Waals surface area contributed by atoms with Gasteiger partial charge in [-0.25, -0.2) is 0 Å². The molecule has 0 bridgehead atoms. The molecule has 3 rings (SSSR count). The van der Waals surface area contributed by atoms with Crippen molar-refractivity contribution in [3.8, 4) is 23.0 Å². The van der Waals surface area contributed by atoms with Crippen LogP contribution in [0.5, 0.6) is 23.0 Å². The molecule has 8 heteroatoms. The van der Waals surface area contributed by atoms with Gasteiger partial charge < -0.3 is 9.47 Å². The summed E-state index contributed by atoms with van der Waals surface area (Å²) in [5.41, 5.74) is 0. The van der Waals surface area contributed by atoms with Gasteiger partial charge in [0.2, 0.25) is 0 Å². The molecule has 1 aliphatic rings. The zero-order valence-corrected chi connectivity index (χ0v) is 16.3. The Morgan fingerprint density at radius 1 is 0.700 bits per heavy atom. The SMILES string of the molecule is Clc1cc2c(cc1Cl)Oc1c(Br)c(Br)c(Br)c(Cl)c1O2. The topological polar surface area (TPSA) is 18.5 Å². The fourth-order valence-corrected chi connectivity index (χ4v) is 3.79. The summed E-state index contributed by atoms with van der Waals surface area (Å²) in [4.78, 5) is 0. The van der Waals surface area contributed by atoms with Crippen LogP contribution < -0.4 is 9.47 Å². The Kier molecular flexibility index (Phi) is 4.21. The van der Waals surface area contributed by atoms with Gasteiger partial charge in [-0.3, -0.25) is 0 Å². The first kappa shape index (κ1) is 15.3. The number of rotatable bonds is 0. The van der Waals surface area contributed by atoms with Gasteiger partial charge in [0, 0.05) is 12.1 Å². The van der Waals surface area contributed by atoms with E-state index in [4.69, 9.17) is 44.3 Å². The van der Waals surface area contributed by atoms with E-state index in [1.807, 2.05) is 0 Å². The van der Waals surface area contributed by atoms with Crippen molar-refractivity contribution < 1.29 is 9.47 Å². The second kappa shape index (κ2) is 5.52. The molecule has 0 N–H and O–H groups in total. The Morgan fingerprint density at radius 3 is 1.75 bits per heavy atom. The zero-order chi connectivity index (χ0) is 14.6. The van der Waals surface area contributed by atoms with E-state index in [-0.39, 0.29) is 0 Å². The van der Waals surface area contributed by atoms with Gasteiger partial charge in [-0.2, -0.15) is 0 Å². The van der Waals surface area contributed by atoms with Gasteiger partial charge in [-0.05, 0) is 47.8 Å². The summed E-state index contributed by atoms with van der Waals surface area (Å²) >= 11 is 28.5. The van der Waals surface area contributed by atoms with Gasteiger partial charge in [-0.15, -0.1) is 0 Å². The van der Waals surface area contributed by atoms with Gasteiger partial charge in [-0.1, -0.05) is 34.8 Å². The lowest BCUT2D eigenvalue weighted by atomic mass is 10.2. The molecule has 104 valence electrons. The van der Waals surface area contributed by atoms with Crippen molar-refractivity contribution in [1.29, 1.82) is 0 Å². The Hall–Kier alpha value is 0.350. The summed E-state index contributed by atoms with van der Waals surface area (Å²) in [5.74, 6) is 1.79. The average molecular weight is 524 g/mol. The first-order valence-electron chi connectivity index (χ1n) is 5.11. The largest absolute Gasteiger partial charge is 0.448 e. The molecule has 1 heterocycles. The molecule has 0 unspecified atom stereocenters. The fourth-order valence-electron chi connectivity index (χ4n) is 1.66. The predicted molar refractivity (Wildman–Crippen MR) is 91.2 cm³/mol. The molecule has 0 fully saturated rings. The summed E-state index contributed by atoms with van der Waals surface area (Å²) in [6.07, 6.45) is 0. The standard InChI is InChI=1S/C12H2Br3Cl3O2/c13-7-8(14)10(18)12-11(9(7)15)19-5-1-3(16)4(17)2-6(5)20-12/h1-2H. The van der Waals surface area contributed by atoms with E-state index in [1.165, 1.54) is 0 Å². The van der Waals surface area contributed by atoms with Crippen LogP contribution in [0.2, 0.25) is 15.1 Å². The molecule has 0 aromatic heterocycles. The number of benzene rings is 2. The van der Waals surface area contributed by atoms with Crippen LogP contribution in [0.25, 0.3) is 0 Å². The Bertz CT molecular complexity index is 688. The van der Waals surface area contributed by atoms with Crippen LogP contribution in [0.1, 0.15) is 0 Å². The highest BCUT2D eigenvalue weighted by molar-refractivity contribution is 9.14. The van der Waals surface area contributed by atoms with Gasteiger partial charge in [0.15, 0.2) is 23.0 Å². The second-order valence-corrected chi connectivity index (χ2v) is 7.40. The molecule has 0 saturated heterocycles. The van der Waals surface area contributed by atoms with Crippen LogP contribution in [-0.2, 0) is 0 Å². The van der Waals surface area contributed by atoms with E-state index in [1.54, 1.807) is 12.1 Å². The van der Waals surface area contributed by atoms with Crippen LogP contribution in [0, 0.1) is 0 Å². The molecule has 2 aromatic rings. The minimum Gasteiger partial charge on any atom is -0.448 e. The fraction of sp³-hybridized carbons (Fsp3) is 0.